The maximum absolute atomic E-state index is 12.6. The summed E-state index contributed by atoms with van der Waals surface area (Å²) in [7, 11) is -3.34. The SMILES string of the molecule is CS(=O)(=O)Cc1nc2ccccc2n1CC(=O)Oc1ccc(NC(=O)c2cccs2)cc1. The maximum Gasteiger partial charge on any atom is 0.331 e. The average molecular weight is 470 g/mol. The fraction of sp³-hybridized carbons (Fsp3) is 0.136. The Hall–Kier alpha value is -3.50. The minimum absolute atomic E-state index is 0.192. The van der Waals surface area contributed by atoms with Crippen molar-refractivity contribution in [3.05, 3.63) is 76.7 Å². The largest absolute Gasteiger partial charge is 0.425 e. The van der Waals surface area contributed by atoms with Crippen molar-refractivity contribution in [2.24, 2.45) is 0 Å². The normalized spacial score (nSPS) is 11.4. The van der Waals surface area contributed by atoms with Gasteiger partial charge in [0, 0.05) is 11.9 Å². The number of carbonyl (C=O) groups is 2. The third-order valence-electron chi connectivity index (χ3n) is 4.50. The van der Waals surface area contributed by atoms with Crippen LogP contribution in [0.4, 0.5) is 5.69 Å². The van der Waals surface area contributed by atoms with Crippen LogP contribution in [0.25, 0.3) is 11.0 Å². The van der Waals surface area contributed by atoms with Crippen molar-refractivity contribution in [2.45, 2.75) is 12.3 Å². The number of hydrogen-bond donors (Lipinski definition) is 1. The number of para-hydroxylation sites is 2. The first kappa shape index (κ1) is 21.7. The standard InChI is InChI=1S/C22H19N3O5S2/c1-32(28,29)14-20-24-17-5-2-3-6-18(17)25(20)13-21(26)30-16-10-8-15(9-11-16)23-22(27)19-7-4-12-31-19/h2-12H,13-14H2,1H3,(H,23,27). The number of nitrogens with zero attached hydrogens (tertiary/aromatic N) is 2. The summed E-state index contributed by atoms with van der Waals surface area (Å²) in [6.45, 7) is -0.192. The van der Waals surface area contributed by atoms with Gasteiger partial charge in [-0.1, -0.05) is 18.2 Å². The summed E-state index contributed by atoms with van der Waals surface area (Å²) in [4.78, 5) is 29.6. The van der Waals surface area contributed by atoms with Crippen LogP contribution >= 0.6 is 11.3 Å². The molecule has 8 nitrogen and oxygen atoms in total. The lowest BCUT2D eigenvalue weighted by Gasteiger charge is -2.10. The minimum atomic E-state index is -3.34. The lowest BCUT2D eigenvalue weighted by atomic mass is 10.3. The Morgan fingerprint density at radius 3 is 2.50 bits per heavy atom. The molecule has 0 saturated heterocycles. The molecule has 0 aliphatic rings. The van der Waals surface area contributed by atoms with Gasteiger partial charge in [0.05, 0.1) is 15.9 Å². The number of rotatable bonds is 7. The highest BCUT2D eigenvalue weighted by Gasteiger charge is 2.18. The van der Waals surface area contributed by atoms with E-state index in [1.54, 1.807) is 65.2 Å². The zero-order chi connectivity index (χ0) is 22.7. The smallest absolute Gasteiger partial charge is 0.331 e. The van der Waals surface area contributed by atoms with E-state index in [2.05, 4.69) is 10.3 Å². The zero-order valence-electron chi connectivity index (χ0n) is 17.0. The number of anilines is 1. The van der Waals surface area contributed by atoms with Gasteiger partial charge in [-0.3, -0.25) is 4.79 Å². The van der Waals surface area contributed by atoms with E-state index in [0.717, 1.165) is 6.26 Å². The van der Waals surface area contributed by atoms with Crippen molar-refractivity contribution in [3.63, 3.8) is 0 Å². The van der Waals surface area contributed by atoms with Gasteiger partial charge in [-0.05, 0) is 47.8 Å². The average Bonchev–Trinajstić information content (AvgIpc) is 3.37. The Morgan fingerprint density at radius 1 is 1.06 bits per heavy atom. The van der Waals surface area contributed by atoms with Crippen molar-refractivity contribution in [1.82, 2.24) is 9.55 Å². The minimum Gasteiger partial charge on any atom is -0.425 e. The van der Waals surface area contributed by atoms with Crippen molar-refractivity contribution < 1.29 is 22.7 Å². The number of hydrogen-bond acceptors (Lipinski definition) is 7. The Balaban J connectivity index is 1.46. The summed E-state index contributed by atoms with van der Waals surface area (Å²) < 4.78 is 30.5. The first-order chi connectivity index (χ1) is 15.3. The maximum atomic E-state index is 12.6. The molecule has 4 rings (SSSR count). The number of amides is 1. The van der Waals surface area contributed by atoms with E-state index in [9.17, 15) is 18.0 Å². The Kier molecular flexibility index (Phi) is 6.06. The highest BCUT2D eigenvalue weighted by atomic mass is 32.2. The van der Waals surface area contributed by atoms with Gasteiger partial charge in [0.1, 0.15) is 23.9 Å². The van der Waals surface area contributed by atoms with Gasteiger partial charge < -0.3 is 14.6 Å². The van der Waals surface area contributed by atoms with E-state index in [1.807, 2.05) is 5.38 Å². The Labute approximate surface area is 188 Å². The number of fused-ring (bicyclic) bond motifs is 1. The summed E-state index contributed by atoms with van der Waals surface area (Å²) in [6.07, 6.45) is 1.12. The number of ether oxygens (including phenoxy) is 1. The molecular formula is C22H19N3O5S2. The quantitative estimate of drug-likeness (QED) is 0.328. The first-order valence-corrected chi connectivity index (χ1v) is 12.5. The molecule has 0 bridgehead atoms. The van der Waals surface area contributed by atoms with E-state index in [-0.39, 0.29) is 24.0 Å². The molecular weight excluding hydrogens is 450 g/mol. The van der Waals surface area contributed by atoms with Crippen molar-refractivity contribution in [2.75, 3.05) is 11.6 Å². The molecule has 0 aliphatic heterocycles. The van der Waals surface area contributed by atoms with E-state index < -0.39 is 15.8 Å². The molecule has 2 aromatic carbocycles. The number of benzene rings is 2. The van der Waals surface area contributed by atoms with Crippen LogP contribution < -0.4 is 10.1 Å². The van der Waals surface area contributed by atoms with Crippen LogP contribution in [0, 0.1) is 0 Å². The molecule has 0 unspecified atom stereocenters. The first-order valence-electron chi connectivity index (χ1n) is 9.56. The lowest BCUT2D eigenvalue weighted by Crippen LogP contribution is -2.19. The molecule has 0 aliphatic carbocycles. The second-order valence-corrected chi connectivity index (χ2v) is 10.2. The number of thiophene rings is 1. The Morgan fingerprint density at radius 2 is 1.81 bits per heavy atom. The molecule has 1 N–H and O–H groups in total. The molecule has 32 heavy (non-hydrogen) atoms. The summed E-state index contributed by atoms with van der Waals surface area (Å²) in [5.74, 6) is -0.489. The molecule has 10 heteroatoms. The van der Waals surface area contributed by atoms with Crippen LogP contribution in [-0.4, -0.2) is 36.1 Å². The van der Waals surface area contributed by atoms with Gasteiger partial charge in [-0.25, -0.2) is 18.2 Å². The second kappa shape index (κ2) is 8.93. The van der Waals surface area contributed by atoms with Gasteiger partial charge in [0.25, 0.3) is 5.91 Å². The number of carbonyl (C=O) groups excluding carboxylic acids is 2. The molecule has 2 aromatic heterocycles. The monoisotopic (exact) mass is 469 g/mol. The van der Waals surface area contributed by atoms with E-state index in [0.29, 0.717) is 27.3 Å². The van der Waals surface area contributed by atoms with Gasteiger partial charge in [-0.2, -0.15) is 0 Å². The Bertz CT molecular complexity index is 1370. The van der Waals surface area contributed by atoms with E-state index in [4.69, 9.17) is 4.74 Å². The summed E-state index contributed by atoms with van der Waals surface area (Å²) in [6, 6.07) is 17.1. The molecule has 0 spiro atoms. The van der Waals surface area contributed by atoms with Crippen LogP contribution in [0.1, 0.15) is 15.5 Å². The highest BCUT2D eigenvalue weighted by molar-refractivity contribution is 7.89. The van der Waals surface area contributed by atoms with Crippen LogP contribution in [0.2, 0.25) is 0 Å². The van der Waals surface area contributed by atoms with Gasteiger partial charge in [0.15, 0.2) is 9.84 Å². The fourth-order valence-corrected chi connectivity index (χ4v) is 4.45. The third-order valence-corrected chi connectivity index (χ3v) is 6.15. The number of esters is 1. The van der Waals surface area contributed by atoms with Gasteiger partial charge in [0.2, 0.25) is 0 Å². The zero-order valence-corrected chi connectivity index (χ0v) is 18.7. The van der Waals surface area contributed by atoms with Crippen molar-refractivity contribution in [3.8, 4) is 5.75 Å². The fourth-order valence-electron chi connectivity index (χ4n) is 3.15. The molecule has 2 heterocycles. The van der Waals surface area contributed by atoms with Crippen LogP contribution in [0.3, 0.4) is 0 Å². The van der Waals surface area contributed by atoms with Crippen LogP contribution in [-0.2, 0) is 26.9 Å². The molecule has 164 valence electrons. The van der Waals surface area contributed by atoms with Gasteiger partial charge >= 0.3 is 5.97 Å². The topological polar surface area (TPSA) is 107 Å². The summed E-state index contributed by atoms with van der Waals surface area (Å²) in [5, 5.41) is 4.59. The van der Waals surface area contributed by atoms with Crippen LogP contribution in [0.5, 0.6) is 5.75 Å². The third kappa shape index (κ3) is 5.21. The second-order valence-electron chi connectivity index (χ2n) is 7.10. The summed E-state index contributed by atoms with van der Waals surface area (Å²) in [5.41, 5.74) is 1.82. The lowest BCUT2D eigenvalue weighted by molar-refractivity contribution is -0.135. The molecule has 0 radical (unpaired) electrons. The molecule has 1 amide bonds. The molecule has 0 atom stereocenters. The van der Waals surface area contributed by atoms with E-state index >= 15 is 0 Å². The molecule has 0 saturated carbocycles. The number of imidazole rings is 1. The predicted octanol–water partition coefficient (Wildman–Crippen LogP) is 3.50. The summed E-state index contributed by atoms with van der Waals surface area (Å²) >= 11 is 1.34. The number of aromatic nitrogens is 2. The highest BCUT2D eigenvalue weighted by Crippen LogP contribution is 2.20. The number of nitrogens with one attached hydrogen (secondary N) is 1. The van der Waals surface area contributed by atoms with Crippen molar-refractivity contribution >= 4 is 49.8 Å². The predicted molar refractivity (Wildman–Crippen MR) is 123 cm³/mol. The number of sulfone groups is 1. The molecule has 4 aromatic rings. The van der Waals surface area contributed by atoms with Crippen molar-refractivity contribution in [1.29, 1.82) is 0 Å². The van der Waals surface area contributed by atoms with E-state index in [1.165, 1.54) is 11.3 Å². The van der Waals surface area contributed by atoms with Crippen LogP contribution in [0.15, 0.2) is 66.0 Å². The van der Waals surface area contributed by atoms with Gasteiger partial charge in [-0.15, -0.1) is 11.3 Å². The molecule has 0 fully saturated rings.